The van der Waals surface area contributed by atoms with Gasteiger partial charge in [-0.3, -0.25) is 9.59 Å². The quantitative estimate of drug-likeness (QED) is 0.577. The molecule has 0 aliphatic heterocycles. The molecule has 0 saturated heterocycles. The SMILES string of the molecule is CCCCC(CN)NC(=O)CCCNC(=O)c1ccccc1. The van der Waals surface area contributed by atoms with Gasteiger partial charge < -0.3 is 16.4 Å². The summed E-state index contributed by atoms with van der Waals surface area (Å²) in [5.41, 5.74) is 6.28. The van der Waals surface area contributed by atoms with Crippen LogP contribution in [0, 0.1) is 0 Å². The number of rotatable bonds is 10. The van der Waals surface area contributed by atoms with Crippen LogP contribution in [0.3, 0.4) is 0 Å². The van der Waals surface area contributed by atoms with Crippen LogP contribution < -0.4 is 16.4 Å². The molecule has 2 amide bonds. The lowest BCUT2D eigenvalue weighted by atomic mass is 10.1. The van der Waals surface area contributed by atoms with Gasteiger partial charge in [-0.1, -0.05) is 38.0 Å². The molecule has 0 aromatic heterocycles. The summed E-state index contributed by atoms with van der Waals surface area (Å²) in [7, 11) is 0. The van der Waals surface area contributed by atoms with Gasteiger partial charge in [0, 0.05) is 31.1 Å². The van der Waals surface area contributed by atoms with Gasteiger partial charge in [-0.25, -0.2) is 0 Å². The summed E-state index contributed by atoms with van der Waals surface area (Å²) < 4.78 is 0. The Hall–Kier alpha value is -1.88. The van der Waals surface area contributed by atoms with Crippen LogP contribution in [0.2, 0.25) is 0 Å². The van der Waals surface area contributed by atoms with Gasteiger partial charge >= 0.3 is 0 Å². The van der Waals surface area contributed by atoms with E-state index in [0.29, 0.717) is 31.5 Å². The molecule has 0 saturated carbocycles. The van der Waals surface area contributed by atoms with Gasteiger partial charge in [-0.2, -0.15) is 0 Å². The van der Waals surface area contributed by atoms with Crippen molar-refractivity contribution in [3.05, 3.63) is 35.9 Å². The van der Waals surface area contributed by atoms with Crippen molar-refractivity contribution in [2.24, 2.45) is 5.73 Å². The van der Waals surface area contributed by atoms with Crippen molar-refractivity contribution in [2.45, 2.75) is 45.1 Å². The van der Waals surface area contributed by atoms with Crippen molar-refractivity contribution >= 4 is 11.8 Å². The average molecular weight is 305 g/mol. The van der Waals surface area contributed by atoms with Crippen LogP contribution in [0.5, 0.6) is 0 Å². The molecule has 122 valence electrons. The fourth-order valence-corrected chi connectivity index (χ4v) is 2.14. The molecular weight excluding hydrogens is 278 g/mol. The van der Waals surface area contributed by atoms with Gasteiger partial charge in [0.1, 0.15) is 0 Å². The lowest BCUT2D eigenvalue weighted by molar-refractivity contribution is -0.121. The van der Waals surface area contributed by atoms with Crippen molar-refractivity contribution in [1.29, 1.82) is 0 Å². The second-order valence-electron chi connectivity index (χ2n) is 5.37. The van der Waals surface area contributed by atoms with Gasteiger partial charge in [0.25, 0.3) is 5.91 Å². The Morgan fingerprint density at radius 2 is 1.91 bits per heavy atom. The van der Waals surface area contributed by atoms with Crippen LogP contribution in [0.4, 0.5) is 0 Å². The highest BCUT2D eigenvalue weighted by atomic mass is 16.2. The number of unbranched alkanes of at least 4 members (excludes halogenated alkanes) is 1. The first kappa shape index (κ1) is 18.2. The minimum Gasteiger partial charge on any atom is -0.352 e. The number of carbonyl (C=O) groups excluding carboxylic acids is 2. The first-order valence-electron chi connectivity index (χ1n) is 8.00. The molecule has 5 heteroatoms. The van der Waals surface area contributed by atoms with E-state index in [-0.39, 0.29) is 17.9 Å². The van der Waals surface area contributed by atoms with Crippen molar-refractivity contribution < 1.29 is 9.59 Å². The highest BCUT2D eigenvalue weighted by Gasteiger charge is 2.10. The molecule has 1 unspecified atom stereocenters. The molecule has 0 spiro atoms. The zero-order chi connectivity index (χ0) is 16.2. The highest BCUT2D eigenvalue weighted by Crippen LogP contribution is 2.01. The Morgan fingerprint density at radius 3 is 2.55 bits per heavy atom. The number of benzene rings is 1. The molecule has 0 heterocycles. The Balaban J connectivity index is 2.18. The van der Waals surface area contributed by atoms with Gasteiger partial charge in [-0.05, 0) is 25.0 Å². The zero-order valence-electron chi connectivity index (χ0n) is 13.3. The van der Waals surface area contributed by atoms with Crippen LogP contribution in [-0.2, 0) is 4.79 Å². The predicted octanol–water partition coefficient (Wildman–Crippen LogP) is 1.83. The molecule has 1 aromatic rings. The highest BCUT2D eigenvalue weighted by molar-refractivity contribution is 5.94. The Kier molecular flexibility index (Phi) is 8.91. The van der Waals surface area contributed by atoms with Crippen molar-refractivity contribution in [1.82, 2.24) is 10.6 Å². The molecule has 1 aromatic carbocycles. The number of hydrogen-bond acceptors (Lipinski definition) is 3. The normalized spacial score (nSPS) is 11.7. The van der Waals surface area contributed by atoms with E-state index in [2.05, 4.69) is 17.6 Å². The lowest BCUT2D eigenvalue weighted by Crippen LogP contribution is -2.40. The van der Waals surface area contributed by atoms with Crippen molar-refractivity contribution in [3.63, 3.8) is 0 Å². The second-order valence-corrected chi connectivity index (χ2v) is 5.37. The third kappa shape index (κ3) is 7.22. The van der Waals surface area contributed by atoms with Crippen LogP contribution in [0.1, 0.15) is 49.4 Å². The molecule has 0 fully saturated rings. The monoisotopic (exact) mass is 305 g/mol. The molecule has 0 aliphatic rings. The second kappa shape index (κ2) is 10.8. The molecule has 0 bridgehead atoms. The third-order valence-corrected chi connectivity index (χ3v) is 3.46. The van der Waals surface area contributed by atoms with E-state index in [1.165, 1.54) is 0 Å². The topological polar surface area (TPSA) is 84.2 Å². The standard InChI is InChI=1S/C17H27N3O2/c1-2-3-10-15(13-18)20-16(21)11-7-12-19-17(22)14-8-5-4-6-9-14/h4-6,8-9,15H,2-3,7,10-13,18H2,1H3,(H,19,22)(H,20,21). The predicted molar refractivity (Wildman–Crippen MR) is 88.5 cm³/mol. The Labute approximate surface area is 132 Å². The molecule has 0 aliphatic carbocycles. The number of nitrogens with one attached hydrogen (secondary N) is 2. The zero-order valence-corrected chi connectivity index (χ0v) is 13.3. The first-order chi connectivity index (χ1) is 10.7. The van der Waals surface area contributed by atoms with E-state index >= 15 is 0 Å². The maximum absolute atomic E-state index is 11.8. The first-order valence-corrected chi connectivity index (χ1v) is 8.00. The molecule has 1 atom stereocenters. The van der Waals surface area contributed by atoms with Gasteiger partial charge in [0.05, 0.1) is 0 Å². The van der Waals surface area contributed by atoms with Crippen LogP contribution in [-0.4, -0.2) is 30.9 Å². The fraction of sp³-hybridized carbons (Fsp3) is 0.529. The average Bonchev–Trinajstić information content (AvgIpc) is 2.56. The molecular formula is C17H27N3O2. The summed E-state index contributed by atoms with van der Waals surface area (Å²) in [4.78, 5) is 23.6. The molecule has 1 rings (SSSR count). The summed E-state index contributed by atoms with van der Waals surface area (Å²) in [5.74, 6) is -0.107. The summed E-state index contributed by atoms with van der Waals surface area (Å²) in [6, 6.07) is 9.11. The Morgan fingerprint density at radius 1 is 1.18 bits per heavy atom. The number of amides is 2. The summed E-state index contributed by atoms with van der Waals surface area (Å²) in [6.45, 7) is 3.07. The maximum atomic E-state index is 11.8. The van der Waals surface area contributed by atoms with Gasteiger partial charge in [-0.15, -0.1) is 0 Å². The molecule has 0 radical (unpaired) electrons. The van der Waals surface area contributed by atoms with Crippen LogP contribution in [0.25, 0.3) is 0 Å². The fourth-order valence-electron chi connectivity index (χ4n) is 2.14. The van der Waals surface area contributed by atoms with Crippen molar-refractivity contribution in [3.8, 4) is 0 Å². The van der Waals surface area contributed by atoms with Gasteiger partial charge in [0.15, 0.2) is 0 Å². The molecule has 4 N–H and O–H groups in total. The number of hydrogen-bond donors (Lipinski definition) is 3. The van der Waals surface area contributed by atoms with Gasteiger partial charge in [0.2, 0.25) is 5.91 Å². The maximum Gasteiger partial charge on any atom is 0.251 e. The smallest absolute Gasteiger partial charge is 0.251 e. The van der Waals surface area contributed by atoms with E-state index in [4.69, 9.17) is 5.73 Å². The minimum atomic E-state index is -0.108. The summed E-state index contributed by atoms with van der Waals surface area (Å²) >= 11 is 0. The van der Waals surface area contributed by atoms with E-state index in [1.54, 1.807) is 12.1 Å². The van der Waals surface area contributed by atoms with E-state index < -0.39 is 0 Å². The van der Waals surface area contributed by atoms with Crippen molar-refractivity contribution in [2.75, 3.05) is 13.1 Å². The van der Waals surface area contributed by atoms with E-state index in [0.717, 1.165) is 19.3 Å². The largest absolute Gasteiger partial charge is 0.352 e. The lowest BCUT2D eigenvalue weighted by Gasteiger charge is -2.16. The third-order valence-electron chi connectivity index (χ3n) is 3.46. The molecule has 5 nitrogen and oxygen atoms in total. The van der Waals surface area contributed by atoms with Crippen LogP contribution in [0.15, 0.2) is 30.3 Å². The molecule has 22 heavy (non-hydrogen) atoms. The van der Waals surface area contributed by atoms with E-state index in [1.807, 2.05) is 18.2 Å². The summed E-state index contributed by atoms with van der Waals surface area (Å²) in [6.07, 6.45) is 4.10. The number of nitrogens with two attached hydrogens (primary N) is 1. The van der Waals surface area contributed by atoms with Crippen LogP contribution >= 0.6 is 0 Å². The summed E-state index contributed by atoms with van der Waals surface area (Å²) in [5, 5.41) is 5.76. The van der Waals surface area contributed by atoms with E-state index in [9.17, 15) is 9.59 Å². The minimum absolute atomic E-state index is 0.000475. The number of carbonyl (C=O) groups is 2. The Bertz CT molecular complexity index is 448.